The Bertz CT molecular complexity index is 1590. The molecule has 0 saturated heterocycles. The van der Waals surface area contributed by atoms with Crippen LogP contribution in [0.25, 0.3) is 27.9 Å². The van der Waals surface area contributed by atoms with Gasteiger partial charge in [0, 0.05) is 19.8 Å². The summed E-state index contributed by atoms with van der Waals surface area (Å²) in [6.45, 7) is 4.27. The van der Waals surface area contributed by atoms with E-state index >= 15 is 0 Å². The van der Waals surface area contributed by atoms with Crippen LogP contribution in [-0.4, -0.2) is 28.5 Å². The van der Waals surface area contributed by atoms with Gasteiger partial charge in [-0.15, -0.1) is 0 Å². The predicted octanol–water partition coefficient (Wildman–Crippen LogP) is 2.44. The van der Waals surface area contributed by atoms with E-state index < -0.39 is 5.69 Å². The van der Waals surface area contributed by atoms with E-state index in [9.17, 15) is 9.59 Å². The highest BCUT2D eigenvalue weighted by molar-refractivity contribution is 5.86. The van der Waals surface area contributed by atoms with Gasteiger partial charge >= 0.3 is 5.69 Å². The lowest BCUT2D eigenvalue weighted by Crippen LogP contribution is -2.37. The summed E-state index contributed by atoms with van der Waals surface area (Å²) in [5.41, 5.74) is 2.73. The maximum atomic E-state index is 13.2. The quantitative estimate of drug-likeness (QED) is 0.454. The highest BCUT2D eigenvalue weighted by Crippen LogP contribution is 2.23. The highest BCUT2D eigenvalue weighted by atomic mass is 16.2. The Kier molecular flexibility index (Phi) is 4.18. The zero-order valence-corrected chi connectivity index (χ0v) is 17.8. The summed E-state index contributed by atoms with van der Waals surface area (Å²) in [5.74, 6) is 0.506. The Balaban J connectivity index is 1.87. The summed E-state index contributed by atoms with van der Waals surface area (Å²) in [7, 11) is 3.12. The van der Waals surface area contributed by atoms with Crippen LogP contribution in [0.15, 0.2) is 58.1 Å². The van der Waals surface area contributed by atoms with E-state index in [-0.39, 0.29) is 5.56 Å². The molecule has 0 aliphatic carbocycles. The summed E-state index contributed by atoms with van der Waals surface area (Å²) in [6.07, 6.45) is 0. The number of aryl methyl sites for hydroxylation is 3. The first kappa shape index (κ1) is 19.0. The van der Waals surface area contributed by atoms with E-state index in [1.807, 2.05) is 48.7 Å². The Morgan fingerprint density at radius 1 is 0.935 bits per heavy atom. The first-order valence-electron chi connectivity index (χ1n) is 10.0. The van der Waals surface area contributed by atoms with Gasteiger partial charge in [-0.3, -0.25) is 18.5 Å². The van der Waals surface area contributed by atoms with E-state index in [4.69, 9.17) is 4.98 Å². The van der Waals surface area contributed by atoms with Crippen LogP contribution in [0.3, 0.4) is 0 Å². The van der Waals surface area contributed by atoms with Gasteiger partial charge in [-0.25, -0.2) is 9.48 Å². The molecule has 0 amide bonds. The standard InChI is InChI=1S/C23H22N6O2/c1-14-12-15(2)29(25-14)22-24-20-19(21(30)27(4)23(31)26(20)3)28(22)13-17-10-7-9-16-8-5-6-11-18(16)17/h5-12H,13H2,1-4H3. The minimum Gasteiger partial charge on any atom is -0.298 e. The monoisotopic (exact) mass is 414 g/mol. The lowest BCUT2D eigenvalue weighted by molar-refractivity contribution is 0.692. The van der Waals surface area contributed by atoms with Crippen LogP contribution in [0.4, 0.5) is 0 Å². The van der Waals surface area contributed by atoms with Crippen molar-refractivity contribution in [2.24, 2.45) is 14.1 Å². The second-order valence-electron chi connectivity index (χ2n) is 7.85. The summed E-state index contributed by atoms with van der Waals surface area (Å²) < 4.78 is 6.11. The minimum atomic E-state index is -0.410. The Morgan fingerprint density at radius 2 is 1.68 bits per heavy atom. The largest absolute Gasteiger partial charge is 0.332 e. The molecule has 0 aliphatic rings. The smallest absolute Gasteiger partial charge is 0.298 e. The van der Waals surface area contributed by atoms with Gasteiger partial charge < -0.3 is 0 Å². The molecule has 3 aromatic heterocycles. The van der Waals surface area contributed by atoms with Gasteiger partial charge in [-0.05, 0) is 36.2 Å². The molecule has 0 aliphatic heterocycles. The van der Waals surface area contributed by atoms with Crippen LogP contribution in [0.1, 0.15) is 17.0 Å². The summed E-state index contributed by atoms with van der Waals surface area (Å²) in [4.78, 5) is 30.4. The zero-order valence-electron chi connectivity index (χ0n) is 17.8. The molecule has 0 bridgehead atoms. The van der Waals surface area contributed by atoms with Gasteiger partial charge in [-0.1, -0.05) is 42.5 Å². The fraction of sp³-hybridized carbons (Fsp3) is 0.217. The van der Waals surface area contributed by atoms with Gasteiger partial charge in [0.1, 0.15) is 0 Å². The van der Waals surface area contributed by atoms with Crippen LogP contribution in [-0.2, 0) is 20.6 Å². The summed E-state index contributed by atoms with van der Waals surface area (Å²) in [6, 6.07) is 16.2. The molecule has 31 heavy (non-hydrogen) atoms. The molecule has 0 N–H and O–H groups in total. The van der Waals surface area contributed by atoms with E-state index in [1.165, 1.54) is 11.6 Å². The van der Waals surface area contributed by atoms with Crippen LogP contribution in [0, 0.1) is 13.8 Å². The fourth-order valence-corrected chi connectivity index (χ4v) is 4.18. The molecule has 0 spiro atoms. The van der Waals surface area contributed by atoms with Crippen LogP contribution in [0.2, 0.25) is 0 Å². The number of aromatic nitrogens is 6. The first-order chi connectivity index (χ1) is 14.9. The average Bonchev–Trinajstić information content (AvgIpc) is 3.30. The highest BCUT2D eigenvalue weighted by Gasteiger charge is 2.22. The van der Waals surface area contributed by atoms with E-state index in [0.717, 1.165) is 32.3 Å². The fourth-order valence-electron chi connectivity index (χ4n) is 4.18. The van der Waals surface area contributed by atoms with E-state index in [0.29, 0.717) is 23.7 Å². The van der Waals surface area contributed by atoms with Crippen molar-refractivity contribution in [1.29, 1.82) is 0 Å². The van der Waals surface area contributed by atoms with Crippen molar-refractivity contribution in [3.63, 3.8) is 0 Å². The molecule has 0 fully saturated rings. The third-order valence-corrected chi connectivity index (χ3v) is 5.74. The average molecular weight is 414 g/mol. The molecule has 2 aromatic carbocycles. The van der Waals surface area contributed by atoms with Gasteiger partial charge in [0.15, 0.2) is 11.2 Å². The van der Waals surface area contributed by atoms with E-state index in [1.54, 1.807) is 11.7 Å². The molecule has 5 aromatic rings. The van der Waals surface area contributed by atoms with Crippen LogP contribution >= 0.6 is 0 Å². The van der Waals surface area contributed by atoms with Crippen molar-refractivity contribution >= 4 is 21.9 Å². The van der Waals surface area contributed by atoms with Gasteiger partial charge in [0.25, 0.3) is 5.56 Å². The van der Waals surface area contributed by atoms with Gasteiger partial charge in [-0.2, -0.15) is 10.1 Å². The molecule has 0 atom stereocenters. The summed E-state index contributed by atoms with van der Waals surface area (Å²) in [5, 5.41) is 6.81. The Labute approximate surface area is 177 Å². The van der Waals surface area contributed by atoms with Crippen molar-refractivity contribution in [1.82, 2.24) is 28.5 Å². The predicted molar refractivity (Wildman–Crippen MR) is 120 cm³/mol. The van der Waals surface area contributed by atoms with E-state index in [2.05, 4.69) is 23.3 Å². The maximum Gasteiger partial charge on any atom is 0.332 e. The molecule has 156 valence electrons. The molecule has 0 saturated carbocycles. The zero-order chi connectivity index (χ0) is 21.9. The Morgan fingerprint density at radius 3 is 2.42 bits per heavy atom. The normalized spacial score (nSPS) is 11.6. The minimum absolute atomic E-state index is 0.343. The number of benzene rings is 2. The summed E-state index contributed by atoms with van der Waals surface area (Å²) >= 11 is 0. The van der Waals surface area contributed by atoms with Crippen molar-refractivity contribution in [3.8, 4) is 5.95 Å². The van der Waals surface area contributed by atoms with Crippen molar-refractivity contribution in [2.75, 3.05) is 0 Å². The van der Waals surface area contributed by atoms with Crippen LogP contribution < -0.4 is 11.2 Å². The molecule has 8 nitrogen and oxygen atoms in total. The second-order valence-corrected chi connectivity index (χ2v) is 7.85. The lowest BCUT2D eigenvalue weighted by Gasteiger charge is -2.12. The Hall–Kier alpha value is -3.94. The molecule has 0 radical (unpaired) electrons. The molecule has 0 unspecified atom stereocenters. The molecule has 8 heteroatoms. The number of hydrogen-bond donors (Lipinski definition) is 0. The number of fused-ring (bicyclic) bond motifs is 2. The topological polar surface area (TPSA) is 79.6 Å². The second kappa shape index (κ2) is 6.80. The lowest BCUT2D eigenvalue weighted by atomic mass is 10.0. The maximum absolute atomic E-state index is 13.2. The molecular formula is C23H22N6O2. The van der Waals surface area contributed by atoms with Gasteiger partial charge in [0.2, 0.25) is 5.95 Å². The third kappa shape index (κ3) is 2.83. The molecule has 5 rings (SSSR count). The molecular weight excluding hydrogens is 392 g/mol. The van der Waals surface area contributed by atoms with Crippen molar-refractivity contribution in [2.45, 2.75) is 20.4 Å². The number of imidazole rings is 1. The number of hydrogen-bond acceptors (Lipinski definition) is 4. The van der Waals surface area contributed by atoms with Crippen molar-refractivity contribution in [3.05, 3.63) is 86.3 Å². The number of rotatable bonds is 3. The number of nitrogens with zero attached hydrogens (tertiary/aromatic N) is 6. The first-order valence-corrected chi connectivity index (χ1v) is 10.0. The SMILES string of the molecule is Cc1cc(C)n(-c2nc3c(c(=O)n(C)c(=O)n3C)n2Cc2cccc3ccccc23)n1. The van der Waals surface area contributed by atoms with Gasteiger partial charge in [0.05, 0.1) is 12.2 Å². The molecule has 3 heterocycles. The third-order valence-electron chi connectivity index (χ3n) is 5.74. The van der Waals surface area contributed by atoms with Crippen molar-refractivity contribution < 1.29 is 0 Å². The van der Waals surface area contributed by atoms with Crippen LogP contribution in [0.5, 0.6) is 0 Å².